The van der Waals surface area contributed by atoms with Gasteiger partial charge in [-0.3, -0.25) is 14.9 Å². The van der Waals surface area contributed by atoms with E-state index in [1.807, 2.05) is 31.2 Å². The summed E-state index contributed by atoms with van der Waals surface area (Å²) in [6.07, 6.45) is 1.26. The summed E-state index contributed by atoms with van der Waals surface area (Å²) in [5, 5.41) is 19.2. The molecule has 33 heavy (non-hydrogen) atoms. The second-order valence-corrected chi connectivity index (χ2v) is 7.08. The van der Waals surface area contributed by atoms with E-state index >= 15 is 0 Å². The molecule has 0 atom stereocenters. The highest BCUT2D eigenvalue weighted by Gasteiger charge is 2.26. The quantitative estimate of drug-likeness (QED) is 0.269. The fourth-order valence-electron chi connectivity index (χ4n) is 3.44. The van der Waals surface area contributed by atoms with Gasteiger partial charge in [0, 0.05) is 11.5 Å². The Balaban J connectivity index is 1.83. The van der Waals surface area contributed by atoms with Crippen molar-refractivity contribution in [2.24, 2.45) is 0 Å². The highest BCUT2D eigenvalue weighted by Crippen LogP contribution is 2.26. The van der Waals surface area contributed by atoms with Crippen molar-refractivity contribution in [2.75, 3.05) is 11.9 Å². The van der Waals surface area contributed by atoms with Gasteiger partial charge in [-0.1, -0.05) is 30.3 Å². The lowest BCUT2D eigenvalue weighted by Crippen LogP contribution is -2.19. The average molecular weight is 445 g/mol. The predicted octanol–water partition coefficient (Wildman–Crippen LogP) is 4.07. The highest BCUT2D eigenvalue weighted by atomic mass is 16.6. The van der Waals surface area contributed by atoms with Crippen LogP contribution in [0.1, 0.15) is 33.2 Å². The van der Waals surface area contributed by atoms with Crippen molar-refractivity contribution in [3.05, 3.63) is 87.6 Å². The lowest BCUT2D eigenvalue weighted by atomic mass is 10.1. The van der Waals surface area contributed by atoms with Gasteiger partial charge in [0.1, 0.15) is 11.1 Å². The molecule has 0 aliphatic rings. The SMILES string of the molecule is CCOC(=O)c1cnn(-c2cc(C)c3ccccc3n2)c1NC(=O)c1ccccc1[N+](=O)[O-]. The van der Waals surface area contributed by atoms with Crippen LogP contribution in [0.15, 0.2) is 60.8 Å². The van der Waals surface area contributed by atoms with Crippen LogP contribution in [-0.4, -0.2) is 38.2 Å². The topological polar surface area (TPSA) is 129 Å². The number of ether oxygens (including phenoxy) is 1. The summed E-state index contributed by atoms with van der Waals surface area (Å²) in [6, 6.07) is 14.8. The number of nitrogens with one attached hydrogen (secondary N) is 1. The molecule has 1 amide bonds. The maximum atomic E-state index is 13.0. The summed E-state index contributed by atoms with van der Waals surface area (Å²) < 4.78 is 6.39. The Kier molecular flexibility index (Phi) is 5.81. The molecule has 1 N–H and O–H groups in total. The van der Waals surface area contributed by atoms with E-state index < -0.39 is 16.8 Å². The van der Waals surface area contributed by atoms with Gasteiger partial charge in [-0.15, -0.1) is 0 Å². The van der Waals surface area contributed by atoms with Gasteiger partial charge in [-0.05, 0) is 37.6 Å². The van der Waals surface area contributed by atoms with Crippen LogP contribution in [0.25, 0.3) is 16.7 Å². The van der Waals surface area contributed by atoms with Crippen molar-refractivity contribution in [3.63, 3.8) is 0 Å². The van der Waals surface area contributed by atoms with Crippen LogP contribution in [0, 0.1) is 17.0 Å². The number of fused-ring (bicyclic) bond motifs is 1. The molecular weight excluding hydrogens is 426 g/mol. The number of nitro groups is 1. The fraction of sp³-hybridized carbons (Fsp3) is 0.130. The van der Waals surface area contributed by atoms with Gasteiger partial charge in [0.15, 0.2) is 11.6 Å². The summed E-state index contributed by atoms with van der Waals surface area (Å²) in [4.78, 5) is 40.8. The second kappa shape index (κ2) is 8.87. The number of hydrogen-bond donors (Lipinski definition) is 1. The summed E-state index contributed by atoms with van der Waals surface area (Å²) in [7, 11) is 0. The van der Waals surface area contributed by atoms with Crippen LogP contribution in [0.4, 0.5) is 11.5 Å². The molecule has 10 heteroatoms. The van der Waals surface area contributed by atoms with E-state index in [-0.39, 0.29) is 29.2 Å². The molecule has 0 aliphatic carbocycles. The summed E-state index contributed by atoms with van der Waals surface area (Å²) in [5.74, 6) is -1.11. The molecule has 2 aromatic carbocycles. The normalized spacial score (nSPS) is 10.7. The van der Waals surface area contributed by atoms with Crippen molar-refractivity contribution in [1.82, 2.24) is 14.8 Å². The third-order valence-electron chi connectivity index (χ3n) is 4.97. The zero-order valence-corrected chi connectivity index (χ0v) is 17.8. The molecule has 0 unspecified atom stereocenters. The van der Waals surface area contributed by atoms with E-state index in [9.17, 15) is 19.7 Å². The van der Waals surface area contributed by atoms with Crippen LogP contribution < -0.4 is 5.32 Å². The van der Waals surface area contributed by atoms with Gasteiger partial charge in [0.05, 0.1) is 23.2 Å². The predicted molar refractivity (Wildman–Crippen MR) is 121 cm³/mol. The lowest BCUT2D eigenvalue weighted by Gasteiger charge is -2.12. The Morgan fingerprint density at radius 2 is 1.85 bits per heavy atom. The van der Waals surface area contributed by atoms with Gasteiger partial charge in [0.25, 0.3) is 11.6 Å². The van der Waals surface area contributed by atoms with Crippen molar-refractivity contribution in [3.8, 4) is 5.82 Å². The number of carbonyl (C=O) groups is 2. The summed E-state index contributed by atoms with van der Waals surface area (Å²) in [5.41, 5.74) is 1.10. The number of rotatable bonds is 6. The Morgan fingerprint density at radius 3 is 2.61 bits per heavy atom. The number of para-hydroxylation sites is 2. The Labute approximate surface area is 188 Å². The van der Waals surface area contributed by atoms with Crippen molar-refractivity contribution in [1.29, 1.82) is 0 Å². The Hall–Kier alpha value is -4.60. The third-order valence-corrected chi connectivity index (χ3v) is 4.97. The summed E-state index contributed by atoms with van der Waals surface area (Å²) in [6.45, 7) is 3.69. The molecule has 0 bridgehead atoms. The molecule has 4 rings (SSSR count). The second-order valence-electron chi connectivity index (χ2n) is 7.08. The van der Waals surface area contributed by atoms with E-state index in [0.29, 0.717) is 11.3 Å². The Morgan fingerprint density at radius 1 is 1.12 bits per heavy atom. The number of aryl methyl sites for hydroxylation is 1. The standard InChI is InChI=1S/C23H19N5O5/c1-3-33-23(30)17-13-24-27(20-12-14(2)15-8-4-6-10-18(15)25-20)21(17)26-22(29)16-9-5-7-11-19(16)28(31)32/h4-13H,3H2,1-2H3,(H,26,29). The van der Waals surface area contributed by atoms with Crippen molar-refractivity contribution >= 4 is 34.3 Å². The molecule has 0 fully saturated rings. The van der Waals surface area contributed by atoms with Crippen LogP contribution in [-0.2, 0) is 4.74 Å². The van der Waals surface area contributed by atoms with E-state index in [1.54, 1.807) is 13.0 Å². The average Bonchev–Trinajstić information content (AvgIpc) is 3.22. The van der Waals surface area contributed by atoms with Crippen LogP contribution in [0.5, 0.6) is 0 Å². The molecule has 0 spiro atoms. The number of carbonyl (C=O) groups excluding carboxylic acids is 2. The molecular formula is C23H19N5O5. The minimum absolute atomic E-state index is 0.00113. The smallest absolute Gasteiger partial charge is 0.343 e. The number of esters is 1. The van der Waals surface area contributed by atoms with Gasteiger partial charge in [-0.2, -0.15) is 9.78 Å². The number of nitro benzene ring substituents is 1. The first-order valence-corrected chi connectivity index (χ1v) is 10.1. The maximum Gasteiger partial charge on any atom is 0.343 e. The third kappa shape index (κ3) is 4.13. The van der Waals surface area contributed by atoms with E-state index in [2.05, 4.69) is 15.4 Å². The lowest BCUT2D eigenvalue weighted by molar-refractivity contribution is -0.385. The van der Waals surface area contributed by atoms with E-state index in [1.165, 1.54) is 35.1 Å². The minimum Gasteiger partial charge on any atom is -0.462 e. The number of aromatic nitrogens is 3. The highest BCUT2D eigenvalue weighted by molar-refractivity contribution is 6.09. The van der Waals surface area contributed by atoms with Crippen LogP contribution in [0.3, 0.4) is 0 Å². The van der Waals surface area contributed by atoms with Gasteiger partial charge in [-0.25, -0.2) is 9.78 Å². The van der Waals surface area contributed by atoms with Crippen molar-refractivity contribution in [2.45, 2.75) is 13.8 Å². The Bertz CT molecular complexity index is 1400. The monoisotopic (exact) mass is 445 g/mol. The molecule has 0 saturated heterocycles. The van der Waals surface area contributed by atoms with Gasteiger partial charge >= 0.3 is 5.97 Å². The first-order chi connectivity index (χ1) is 15.9. The number of amides is 1. The molecule has 10 nitrogen and oxygen atoms in total. The zero-order valence-electron chi connectivity index (χ0n) is 17.8. The van der Waals surface area contributed by atoms with E-state index in [0.717, 1.165) is 10.9 Å². The number of hydrogen-bond acceptors (Lipinski definition) is 7. The van der Waals surface area contributed by atoms with Gasteiger partial charge < -0.3 is 10.1 Å². The number of pyridine rings is 1. The largest absolute Gasteiger partial charge is 0.462 e. The molecule has 2 aromatic heterocycles. The zero-order chi connectivity index (χ0) is 23.5. The van der Waals surface area contributed by atoms with Crippen LogP contribution in [0.2, 0.25) is 0 Å². The van der Waals surface area contributed by atoms with E-state index in [4.69, 9.17) is 4.74 Å². The molecule has 166 valence electrons. The molecule has 0 saturated carbocycles. The molecule has 0 aliphatic heterocycles. The summed E-state index contributed by atoms with van der Waals surface area (Å²) >= 11 is 0. The van der Waals surface area contributed by atoms with Crippen LogP contribution >= 0.6 is 0 Å². The van der Waals surface area contributed by atoms with Gasteiger partial charge in [0.2, 0.25) is 0 Å². The number of benzene rings is 2. The first-order valence-electron chi connectivity index (χ1n) is 10.1. The number of anilines is 1. The number of nitrogens with zero attached hydrogens (tertiary/aromatic N) is 4. The maximum absolute atomic E-state index is 13.0. The molecule has 2 heterocycles. The van der Waals surface area contributed by atoms with Crippen molar-refractivity contribution < 1.29 is 19.2 Å². The minimum atomic E-state index is -0.771. The molecule has 0 radical (unpaired) electrons. The fourth-order valence-corrected chi connectivity index (χ4v) is 3.44. The molecule has 4 aromatic rings. The first kappa shape index (κ1) is 21.6.